The SMILES string of the molecule is CCCCCCCCCCOC(c1ccccc1)(c1ccccc1)c1ccccc1. The van der Waals surface area contributed by atoms with Crippen LogP contribution < -0.4 is 0 Å². The van der Waals surface area contributed by atoms with Crippen LogP contribution in [0, 0.1) is 0 Å². The standard InChI is InChI=1S/C29H36O/c1-2-3-4-5-6-7-8-18-25-30-29(26-19-12-9-13-20-26,27-21-14-10-15-22-27)28-23-16-11-17-24-28/h9-17,19-24H,2-8,18,25H2,1H3. The molecule has 0 fully saturated rings. The molecule has 0 unspecified atom stereocenters. The lowest BCUT2D eigenvalue weighted by atomic mass is 9.80. The number of ether oxygens (including phenoxy) is 1. The van der Waals surface area contributed by atoms with Crippen molar-refractivity contribution in [3.8, 4) is 0 Å². The fourth-order valence-corrected chi connectivity index (χ4v) is 4.23. The van der Waals surface area contributed by atoms with Gasteiger partial charge in [0.2, 0.25) is 0 Å². The molecule has 0 amide bonds. The Kier molecular flexibility index (Phi) is 9.18. The van der Waals surface area contributed by atoms with E-state index < -0.39 is 5.60 Å². The molecule has 1 heteroatoms. The molecule has 3 aromatic rings. The summed E-state index contributed by atoms with van der Waals surface area (Å²) in [5.74, 6) is 0. The normalized spacial score (nSPS) is 11.5. The Hall–Kier alpha value is -2.38. The van der Waals surface area contributed by atoms with E-state index in [1.165, 1.54) is 61.6 Å². The largest absolute Gasteiger partial charge is 0.361 e. The maximum atomic E-state index is 6.83. The molecule has 0 spiro atoms. The minimum absolute atomic E-state index is 0.578. The molecule has 0 saturated carbocycles. The smallest absolute Gasteiger partial charge is 0.143 e. The summed E-state index contributed by atoms with van der Waals surface area (Å²) in [6, 6.07) is 32.0. The summed E-state index contributed by atoms with van der Waals surface area (Å²) in [5, 5.41) is 0. The lowest BCUT2D eigenvalue weighted by Gasteiger charge is -2.36. The quantitative estimate of drug-likeness (QED) is 0.208. The van der Waals surface area contributed by atoms with E-state index in [-0.39, 0.29) is 0 Å². The summed E-state index contributed by atoms with van der Waals surface area (Å²) in [4.78, 5) is 0. The monoisotopic (exact) mass is 400 g/mol. The molecule has 3 rings (SSSR count). The minimum atomic E-state index is -0.578. The van der Waals surface area contributed by atoms with Crippen molar-refractivity contribution in [3.63, 3.8) is 0 Å². The topological polar surface area (TPSA) is 9.23 Å². The molecule has 0 saturated heterocycles. The van der Waals surface area contributed by atoms with Crippen molar-refractivity contribution in [2.45, 2.75) is 63.9 Å². The Labute approximate surface area is 183 Å². The fourth-order valence-electron chi connectivity index (χ4n) is 4.23. The summed E-state index contributed by atoms with van der Waals surface area (Å²) < 4.78 is 6.83. The van der Waals surface area contributed by atoms with Crippen molar-refractivity contribution >= 4 is 0 Å². The van der Waals surface area contributed by atoms with E-state index in [1.807, 2.05) is 0 Å². The number of hydrogen-bond acceptors (Lipinski definition) is 1. The van der Waals surface area contributed by atoms with Gasteiger partial charge in [0.25, 0.3) is 0 Å². The molecule has 0 aliphatic rings. The molecule has 0 aliphatic carbocycles. The minimum Gasteiger partial charge on any atom is -0.361 e. The van der Waals surface area contributed by atoms with Crippen LogP contribution in [0.3, 0.4) is 0 Å². The molecule has 158 valence electrons. The first kappa shape index (κ1) is 22.3. The van der Waals surface area contributed by atoms with E-state index in [1.54, 1.807) is 0 Å². The lowest BCUT2D eigenvalue weighted by Crippen LogP contribution is -2.33. The van der Waals surface area contributed by atoms with Gasteiger partial charge in [-0.05, 0) is 23.1 Å². The second-order valence-electron chi connectivity index (χ2n) is 8.10. The van der Waals surface area contributed by atoms with Gasteiger partial charge in [-0.1, -0.05) is 143 Å². The summed E-state index contributed by atoms with van der Waals surface area (Å²) in [5.41, 5.74) is 2.97. The van der Waals surface area contributed by atoms with Crippen molar-refractivity contribution in [3.05, 3.63) is 108 Å². The number of benzene rings is 3. The maximum Gasteiger partial charge on any atom is 0.143 e. The van der Waals surface area contributed by atoms with Crippen LogP contribution in [0.15, 0.2) is 91.0 Å². The summed E-state index contributed by atoms with van der Waals surface area (Å²) in [6.07, 6.45) is 10.4. The highest BCUT2D eigenvalue weighted by Crippen LogP contribution is 2.40. The van der Waals surface area contributed by atoms with Gasteiger partial charge in [-0.15, -0.1) is 0 Å². The Morgan fingerprint density at radius 1 is 0.500 bits per heavy atom. The zero-order valence-electron chi connectivity index (χ0n) is 18.4. The van der Waals surface area contributed by atoms with E-state index in [0.29, 0.717) is 0 Å². The second-order valence-corrected chi connectivity index (χ2v) is 8.10. The van der Waals surface area contributed by atoms with E-state index in [9.17, 15) is 0 Å². The van der Waals surface area contributed by atoms with Gasteiger partial charge in [-0.3, -0.25) is 0 Å². The van der Waals surface area contributed by atoms with Crippen molar-refractivity contribution in [2.75, 3.05) is 6.61 Å². The van der Waals surface area contributed by atoms with Gasteiger partial charge in [0, 0.05) is 6.61 Å². The van der Waals surface area contributed by atoms with Crippen LogP contribution in [0.2, 0.25) is 0 Å². The zero-order valence-corrected chi connectivity index (χ0v) is 18.4. The van der Waals surface area contributed by atoms with Crippen LogP contribution in [0.25, 0.3) is 0 Å². The van der Waals surface area contributed by atoms with Gasteiger partial charge in [0.1, 0.15) is 5.60 Å². The summed E-state index contributed by atoms with van der Waals surface area (Å²) in [6.45, 7) is 3.03. The molecule has 0 aliphatic heterocycles. The molecular weight excluding hydrogens is 364 g/mol. The zero-order chi connectivity index (χ0) is 20.9. The van der Waals surface area contributed by atoms with Gasteiger partial charge >= 0.3 is 0 Å². The van der Waals surface area contributed by atoms with Crippen molar-refractivity contribution < 1.29 is 4.74 Å². The van der Waals surface area contributed by atoms with Gasteiger partial charge < -0.3 is 4.74 Å². The maximum absolute atomic E-state index is 6.83. The van der Waals surface area contributed by atoms with Gasteiger partial charge in [0.05, 0.1) is 0 Å². The van der Waals surface area contributed by atoms with Crippen LogP contribution in [0.1, 0.15) is 75.0 Å². The third-order valence-electron chi connectivity index (χ3n) is 5.86. The van der Waals surface area contributed by atoms with Crippen LogP contribution in [-0.4, -0.2) is 6.61 Å². The Morgan fingerprint density at radius 3 is 1.27 bits per heavy atom. The molecule has 30 heavy (non-hydrogen) atoms. The number of rotatable bonds is 13. The van der Waals surface area contributed by atoms with Crippen molar-refractivity contribution in [2.24, 2.45) is 0 Å². The fraction of sp³-hybridized carbons (Fsp3) is 0.379. The first-order valence-corrected chi connectivity index (χ1v) is 11.7. The van der Waals surface area contributed by atoms with Crippen molar-refractivity contribution in [1.29, 1.82) is 0 Å². The molecule has 0 radical (unpaired) electrons. The average molecular weight is 401 g/mol. The number of hydrogen-bond donors (Lipinski definition) is 0. The lowest BCUT2D eigenvalue weighted by molar-refractivity contribution is 0.0106. The molecule has 0 atom stereocenters. The predicted octanol–water partition coefficient (Wildman–Crippen LogP) is 8.14. The third kappa shape index (κ3) is 5.83. The molecule has 1 nitrogen and oxygen atoms in total. The highest BCUT2D eigenvalue weighted by atomic mass is 16.5. The molecule has 0 bridgehead atoms. The van der Waals surface area contributed by atoms with Gasteiger partial charge in [-0.2, -0.15) is 0 Å². The van der Waals surface area contributed by atoms with E-state index in [0.717, 1.165) is 13.0 Å². The molecule has 3 aromatic carbocycles. The first-order valence-electron chi connectivity index (χ1n) is 11.7. The van der Waals surface area contributed by atoms with Crippen LogP contribution in [0.5, 0.6) is 0 Å². The van der Waals surface area contributed by atoms with Gasteiger partial charge in [0.15, 0.2) is 0 Å². The van der Waals surface area contributed by atoms with Crippen LogP contribution >= 0.6 is 0 Å². The predicted molar refractivity (Wildman–Crippen MR) is 128 cm³/mol. The number of unbranched alkanes of at least 4 members (excludes halogenated alkanes) is 7. The summed E-state index contributed by atoms with van der Waals surface area (Å²) in [7, 11) is 0. The first-order chi connectivity index (χ1) is 14.9. The van der Waals surface area contributed by atoms with Crippen LogP contribution in [0.4, 0.5) is 0 Å². The molecule has 0 heterocycles. The molecular formula is C29H36O. The second kappa shape index (κ2) is 12.3. The van der Waals surface area contributed by atoms with E-state index in [2.05, 4.69) is 97.9 Å². The van der Waals surface area contributed by atoms with E-state index in [4.69, 9.17) is 4.74 Å². The van der Waals surface area contributed by atoms with Crippen LogP contribution in [-0.2, 0) is 10.3 Å². The highest BCUT2D eigenvalue weighted by Gasteiger charge is 2.37. The Morgan fingerprint density at radius 2 is 0.867 bits per heavy atom. The highest BCUT2D eigenvalue weighted by molar-refractivity contribution is 5.47. The Bertz CT molecular complexity index is 714. The molecule has 0 N–H and O–H groups in total. The average Bonchev–Trinajstić information content (AvgIpc) is 2.82. The van der Waals surface area contributed by atoms with E-state index >= 15 is 0 Å². The molecule has 0 aromatic heterocycles. The third-order valence-corrected chi connectivity index (χ3v) is 5.86. The Balaban J connectivity index is 1.77. The van der Waals surface area contributed by atoms with Gasteiger partial charge in [-0.25, -0.2) is 0 Å². The van der Waals surface area contributed by atoms with Crippen molar-refractivity contribution in [1.82, 2.24) is 0 Å². The summed E-state index contributed by atoms with van der Waals surface area (Å²) >= 11 is 0.